The second-order valence-corrected chi connectivity index (χ2v) is 25.5. The summed E-state index contributed by atoms with van der Waals surface area (Å²) in [7, 11) is -21.2. The van der Waals surface area contributed by atoms with Crippen LogP contribution in [0.5, 0.6) is 5.75 Å². The molecule has 40 heteroatoms. The van der Waals surface area contributed by atoms with Gasteiger partial charge in [0.05, 0.1) is 30.6 Å². The highest BCUT2D eigenvalue weighted by atomic mass is 32.2. The van der Waals surface area contributed by atoms with E-state index in [9.17, 15) is 55.9 Å². The number of Topliss-reactive ketones (excluding diaryl/α,β-unsaturated/α-hetero) is 2. The number of phosphoric acid groups is 3. The minimum absolute atomic E-state index is 0.0117. The van der Waals surface area contributed by atoms with E-state index in [-0.39, 0.29) is 91.1 Å². The Kier molecular flexibility index (Phi) is 24.9. The van der Waals surface area contributed by atoms with Gasteiger partial charge in [-0.15, -0.1) is 0 Å². The Balaban J connectivity index is 0.804. The normalized spacial score (nSPS) is 16.5. The molecule has 1 fully saturated rings. The van der Waals surface area contributed by atoms with E-state index in [4.69, 9.17) is 58.9 Å². The quantitative estimate of drug-likeness (QED) is 0.00236. The van der Waals surface area contributed by atoms with Crippen molar-refractivity contribution < 1.29 is 102 Å². The molecule has 6 aromatic rings. The summed E-state index contributed by atoms with van der Waals surface area (Å²) in [6, 6.07) is 17.7. The Morgan fingerprint density at radius 1 is 0.879 bits per heavy atom. The van der Waals surface area contributed by atoms with Gasteiger partial charge in [-0.25, -0.2) is 28.3 Å². The van der Waals surface area contributed by atoms with E-state index >= 15 is 0 Å². The Bertz CT molecular complexity index is 4220. The number of carbonyl (C=O) groups excluding carboxylic acids is 3. The number of nitrogens with zero attached hydrogens (tertiary/aromatic N) is 9. The van der Waals surface area contributed by atoms with Crippen LogP contribution in [0.25, 0.3) is 54.4 Å². The number of rotatable bonds is 35. The number of carbonyl (C=O) groups is 3. The van der Waals surface area contributed by atoms with Crippen molar-refractivity contribution in [1.82, 2.24) is 19.9 Å². The van der Waals surface area contributed by atoms with Crippen molar-refractivity contribution in [2.45, 2.75) is 82.5 Å². The number of hydrogen-bond donors (Lipinski definition) is 8. The molecule has 486 valence electrons. The van der Waals surface area contributed by atoms with Crippen LogP contribution in [0.2, 0.25) is 0 Å². The van der Waals surface area contributed by atoms with E-state index in [1.807, 2.05) is 0 Å². The van der Waals surface area contributed by atoms with Gasteiger partial charge in [-0.3, -0.25) is 28.0 Å². The van der Waals surface area contributed by atoms with Gasteiger partial charge in [-0.2, -0.15) is 22.0 Å². The van der Waals surface area contributed by atoms with E-state index in [2.05, 4.69) is 65.6 Å². The number of oxazole rings is 1. The lowest BCUT2D eigenvalue weighted by Gasteiger charge is -2.21. The third kappa shape index (κ3) is 22.3. The lowest BCUT2D eigenvalue weighted by atomic mass is 10.0. The molecule has 7 rings (SSSR count). The number of ketones is 2. The third-order valence-corrected chi connectivity index (χ3v) is 17.4. The van der Waals surface area contributed by atoms with Gasteiger partial charge in [-0.1, -0.05) is 53.5 Å². The monoisotopic (exact) mass is 1350 g/mol. The molecule has 9 N–H and O–H groups in total. The van der Waals surface area contributed by atoms with E-state index in [0.29, 0.717) is 46.1 Å². The summed E-state index contributed by atoms with van der Waals surface area (Å²) in [6.45, 7) is -2.62. The number of azide groups is 2. The number of fused-ring (bicyclic) bond motifs is 2. The van der Waals surface area contributed by atoms with Crippen molar-refractivity contribution in [2.75, 3.05) is 56.4 Å². The summed E-state index contributed by atoms with van der Waals surface area (Å²) < 4.78 is 113. The standard InChI is InChI=1S/C51H57N12O24P3S/c52-48-34(26-63(51(68)59-48)47-25-43(81-30-57-61-53)44(83-47)27-82-89(72,73)87-90(74,75)86-88(69,70)71)10-7-18-56-45(66)28-80-46(60-62-54)29-79-36-11-6-9-31(21-36)39(64)12-4-2-1-3-5-13-40(65)32-15-17-41-38(23-32)58-49(84-41)37-22-33-14-16-35(24-42(33)85-50(37)67)55-19-8-20-91(76,77)78/h6,9,11,14-17,21-24,26,43-44,46-47,55H,1-5,8,12-13,18-20,25,27-30H2,(H,56,66)(H,72,73)(H,74,75)(H2,52,59,68)(H2,69,70,71)(H,76,77,78). The highest BCUT2D eigenvalue weighted by Gasteiger charge is 2.44. The molecule has 1 aliphatic rings. The smallest absolute Gasteiger partial charge is 0.490 e. The average molecular weight is 1350 g/mol. The van der Waals surface area contributed by atoms with Crippen molar-refractivity contribution >= 4 is 84.6 Å². The lowest BCUT2D eigenvalue weighted by molar-refractivity contribution is -0.127. The number of hydrogen-bond acceptors (Lipinski definition) is 25. The second-order valence-electron chi connectivity index (χ2n) is 19.5. The van der Waals surface area contributed by atoms with Crippen molar-refractivity contribution in [3.63, 3.8) is 0 Å². The van der Waals surface area contributed by atoms with Gasteiger partial charge in [0.15, 0.2) is 23.4 Å². The maximum absolute atomic E-state index is 13.2. The number of nitrogens with two attached hydrogens (primary N) is 1. The topological polar surface area (TPSA) is 541 Å². The molecule has 36 nitrogen and oxygen atoms in total. The Hall–Kier alpha value is -8.19. The number of ether oxygens (including phenoxy) is 4. The number of aromatic nitrogens is 3. The van der Waals surface area contributed by atoms with Crippen molar-refractivity contribution in [3.8, 4) is 29.0 Å². The molecule has 3 aromatic carbocycles. The minimum atomic E-state index is -5.86. The first-order valence-electron chi connectivity index (χ1n) is 27.0. The largest absolute Gasteiger partial charge is 0.491 e. The summed E-state index contributed by atoms with van der Waals surface area (Å²) in [5, 5.41) is 12.8. The van der Waals surface area contributed by atoms with Gasteiger partial charge in [0, 0.05) is 70.1 Å². The van der Waals surface area contributed by atoms with E-state index in [0.717, 1.165) is 30.0 Å². The first kappa shape index (κ1) is 70.3. The molecule has 6 unspecified atom stereocenters. The van der Waals surface area contributed by atoms with Crippen LogP contribution in [0, 0.1) is 11.8 Å². The van der Waals surface area contributed by atoms with Crippen LogP contribution in [-0.4, -0.2) is 128 Å². The number of unbranched alkanes of at least 4 members (excludes halogenated alkanes) is 4. The molecule has 1 amide bonds. The number of phosphoric ester groups is 1. The molecule has 0 bridgehead atoms. The number of anilines is 2. The van der Waals surface area contributed by atoms with Crippen molar-refractivity contribution in [3.05, 3.63) is 131 Å². The summed E-state index contributed by atoms with van der Waals surface area (Å²) in [6.07, 6.45) is -0.185. The number of benzene rings is 3. The van der Waals surface area contributed by atoms with Crippen molar-refractivity contribution in [2.24, 2.45) is 10.2 Å². The predicted molar refractivity (Wildman–Crippen MR) is 317 cm³/mol. The molecule has 0 spiro atoms. The number of nitrogens with one attached hydrogen (secondary N) is 2. The van der Waals surface area contributed by atoms with Crippen LogP contribution in [0.1, 0.15) is 90.3 Å². The molecule has 0 saturated carbocycles. The summed E-state index contributed by atoms with van der Waals surface area (Å²) in [4.78, 5) is 115. The van der Waals surface area contributed by atoms with Gasteiger partial charge in [0.25, 0.3) is 10.1 Å². The summed E-state index contributed by atoms with van der Waals surface area (Å²) in [5.74, 6) is 3.80. The fraction of sp³-hybridized carbons (Fsp3) is 0.392. The number of amides is 1. The van der Waals surface area contributed by atoms with E-state index in [1.54, 1.807) is 60.7 Å². The highest BCUT2D eigenvalue weighted by Crippen LogP contribution is 2.66. The fourth-order valence-electron chi connectivity index (χ4n) is 8.67. The van der Waals surface area contributed by atoms with E-state index in [1.165, 1.54) is 6.07 Å². The molecule has 1 aliphatic heterocycles. The zero-order chi connectivity index (χ0) is 65.9. The SMILES string of the molecule is [N-]=[N+]=NCOC1CC(n2cc(C#CCNC(=O)COC(COc3cccc(C(=O)CCCCCCCC(=O)c4ccc5oc(-c6cc7ccc(NCCCS(=O)(=O)O)cc7oc6=O)nc5c4)c3)N=[N+]=[N-])c(N)nc2=O)OC1COP(=O)(O)OP(=O)(O)OP(=O)(O)O. The van der Waals surface area contributed by atoms with Gasteiger partial charge >= 0.3 is 34.8 Å². The molecule has 0 radical (unpaired) electrons. The second kappa shape index (κ2) is 32.2. The fourth-order valence-corrected chi connectivity index (χ4v) is 12.2. The zero-order valence-electron chi connectivity index (χ0n) is 47.4. The maximum atomic E-state index is 13.2. The molecule has 4 heterocycles. The van der Waals surface area contributed by atoms with Crippen LogP contribution in [0.15, 0.2) is 102 Å². The molecule has 91 heavy (non-hydrogen) atoms. The Labute approximate surface area is 513 Å². The number of nitrogen functional groups attached to an aromatic ring is 1. The Morgan fingerprint density at radius 3 is 2.33 bits per heavy atom. The molecule has 3 aromatic heterocycles. The average Bonchev–Trinajstić information content (AvgIpc) is 1.78. The van der Waals surface area contributed by atoms with Gasteiger partial charge in [-0.05, 0) is 78.9 Å². The van der Waals surface area contributed by atoms with Crippen molar-refractivity contribution in [1.29, 1.82) is 0 Å². The predicted octanol–water partition coefficient (Wildman–Crippen LogP) is 6.71. The van der Waals surface area contributed by atoms with Crippen LogP contribution in [0.3, 0.4) is 0 Å². The van der Waals surface area contributed by atoms with E-state index < -0.39 is 101 Å². The first-order chi connectivity index (χ1) is 43.2. The minimum Gasteiger partial charge on any atom is -0.491 e. The molecule has 1 saturated heterocycles. The van der Waals surface area contributed by atoms with Gasteiger partial charge < -0.3 is 63.7 Å². The summed E-state index contributed by atoms with van der Waals surface area (Å²) in [5.41, 5.74) is 24.4. The maximum Gasteiger partial charge on any atom is 0.490 e. The Morgan fingerprint density at radius 2 is 1.62 bits per heavy atom. The van der Waals surface area contributed by atoms with Crippen LogP contribution >= 0.6 is 23.5 Å². The third-order valence-electron chi connectivity index (χ3n) is 12.8. The highest BCUT2D eigenvalue weighted by molar-refractivity contribution is 7.85. The summed E-state index contributed by atoms with van der Waals surface area (Å²) >= 11 is 0. The molecule has 0 aliphatic carbocycles. The molecular formula is C51H57N12O24P3S. The lowest BCUT2D eigenvalue weighted by Crippen LogP contribution is -2.31. The first-order valence-corrected chi connectivity index (χ1v) is 33.1. The zero-order valence-corrected chi connectivity index (χ0v) is 50.9. The van der Waals surface area contributed by atoms with Gasteiger partial charge in [0.2, 0.25) is 11.8 Å². The van der Waals surface area contributed by atoms with Gasteiger partial charge in [0.1, 0.15) is 60.5 Å². The van der Waals surface area contributed by atoms with Crippen LogP contribution < -0.4 is 32.4 Å². The molecular weight excluding hydrogens is 1290 g/mol. The van der Waals surface area contributed by atoms with Crippen LogP contribution in [-0.2, 0) is 56.0 Å². The molecule has 6 atom stereocenters. The van der Waals surface area contributed by atoms with Crippen LogP contribution in [0.4, 0.5) is 11.5 Å².